The van der Waals surface area contributed by atoms with Crippen molar-refractivity contribution in [3.05, 3.63) is 119 Å². The van der Waals surface area contributed by atoms with Crippen LogP contribution in [0.15, 0.2) is 106 Å². The summed E-state index contributed by atoms with van der Waals surface area (Å²) in [6, 6.07) is 27.9. The highest BCUT2D eigenvalue weighted by Crippen LogP contribution is 2.29. The minimum Gasteiger partial charge on any atom is -0.422 e. The van der Waals surface area contributed by atoms with E-state index in [0.717, 1.165) is 22.9 Å². The third-order valence-electron chi connectivity index (χ3n) is 4.66. The van der Waals surface area contributed by atoms with E-state index in [1.165, 1.54) is 5.56 Å². The highest BCUT2D eigenvalue weighted by atomic mass is 16.4. The lowest BCUT2D eigenvalue weighted by Crippen LogP contribution is -2.04. The second-order valence-electron chi connectivity index (χ2n) is 6.47. The fourth-order valence-corrected chi connectivity index (χ4v) is 3.32. The molecule has 0 spiro atoms. The molecule has 1 heterocycles. The van der Waals surface area contributed by atoms with Crippen molar-refractivity contribution >= 4 is 10.8 Å². The van der Waals surface area contributed by atoms with Crippen LogP contribution < -0.4 is 5.63 Å². The first-order chi connectivity index (χ1) is 13.3. The third kappa shape index (κ3) is 3.75. The van der Waals surface area contributed by atoms with Gasteiger partial charge in [-0.15, -0.1) is 0 Å². The Morgan fingerprint density at radius 2 is 1.26 bits per heavy atom. The Hall–Kier alpha value is -3.39. The highest BCUT2D eigenvalue weighted by Gasteiger charge is 2.14. The van der Waals surface area contributed by atoms with Crippen molar-refractivity contribution in [1.29, 1.82) is 0 Å². The van der Waals surface area contributed by atoms with Crippen LogP contribution in [0.25, 0.3) is 22.1 Å². The van der Waals surface area contributed by atoms with E-state index in [4.69, 9.17) is 4.42 Å². The molecule has 132 valence electrons. The molecule has 27 heavy (non-hydrogen) atoms. The fraction of sp³-hybridized carbons (Fsp3) is 0.0800. The van der Waals surface area contributed by atoms with E-state index in [9.17, 15) is 4.79 Å². The van der Waals surface area contributed by atoms with E-state index in [0.29, 0.717) is 17.6 Å². The van der Waals surface area contributed by atoms with Gasteiger partial charge in [-0.25, -0.2) is 4.79 Å². The largest absolute Gasteiger partial charge is 0.422 e. The third-order valence-corrected chi connectivity index (χ3v) is 4.66. The van der Waals surface area contributed by atoms with E-state index in [-0.39, 0.29) is 5.63 Å². The Morgan fingerprint density at radius 1 is 0.667 bits per heavy atom. The van der Waals surface area contributed by atoms with Crippen molar-refractivity contribution in [3.63, 3.8) is 0 Å². The first-order valence-corrected chi connectivity index (χ1v) is 9.12. The van der Waals surface area contributed by atoms with Gasteiger partial charge in [0.1, 0.15) is 5.76 Å². The molecule has 0 N–H and O–H groups in total. The molecule has 0 saturated heterocycles. The molecule has 4 aromatic rings. The lowest BCUT2D eigenvalue weighted by atomic mass is 9.98. The number of allylic oxidation sites excluding steroid dienone is 2. The molecule has 0 aliphatic rings. The summed E-state index contributed by atoms with van der Waals surface area (Å²) in [4.78, 5) is 12.5. The van der Waals surface area contributed by atoms with Gasteiger partial charge in [-0.3, -0.25) is 0 Å². The number of hydrogen-bond donors (Lipinski definition) is 0. The Labute approximate surface area is 158 Å². The molecular formula is C25H20O2. The second kappa shape index (κ2) is 7.88. The Balaban J connectivity index is 1.73. The summed E-state index contributed by atoms with van der Waals surface area (Å²) in [5, 5.41) is 1.58. The van der Waals surface area contributed by atoms with Crippen LogP contribution in [-0.2, 0) is 12.8 Å². The van der Waals surface area contributed by atoms with Crippen molar-refractivity contribution in [1.82, 2.24) is 0 Å². The molecule has 2 heteroatoms. The number of benzene rings is 3. The molecule has 3 aromatic carbocycles. The number of hydrogen-bond acceptors (Lipinski definition) is 2. The molecule has 0 fully saturated rings. The number of fused-ring (bicyclic) bond motifs is 1. The van der Waals surface area contributed by atoms with Gasteiger partial charge >= 0.3 is 5.63 Å². The van der Waals surface area contributed by atoms with Gasteiger partial charge in [-0.05, 0) is 29.9 Å². The van der Waals surface area contributed by atoms with Crippen molar-refractivity contribution < 1.29 is 4.42 Å². The van der Waals surface area contributed by atoms with Gasteiger partial charge in [0.25, 0.3) is 0 Å². The maximum absolute atomic E-state index is 12.5. The summed E-state index contributed by atoms with van der Waals surface area (Å²) >= 11 is 0. The standard InChI is InChI=1S/C25H20O2/c26-25-23-18-10-9-16-21(23)22(24(27-25)20-14-5-2-6-15-20)17-8-7-13-19-11-3-1-4-12-19/h1-12,14-16,18H,13,17H2/b8-7+. The monoisotopic (exact) mass is 352 g/mol. The molecule has 0 radical (unpaired) electrons. The Morgan fingerprint density at radius 3 is 2.00 bits per heavy atom. The van der Waals surface area contributed by atoms with Gasteiger partial charge in [-0.2, -0.15) is 0 Å². The first-order valence-electron chi connectivity index (χ1n) is 9.12. The van der Waals surface area contributed by atoms with Crippen LogP contribution in [0.4, 0.5) is 0 Å². The maximum atomic E-state index is 12.5. The van der Waals surface area contributed by atoms with E-state index in [1.54, 1.807) is 0 Å². The van der Waals surface area contributed by atoms with Crippen LogP contribution in [0.3, 0.4) is 0 Å². The SMILES string of the molecule is O=c1oc(-c2ccccc2)c(C/C=C/Cc2ccccc2)c2ccccc12. The molecule has 0 unspecified atom stereocenters. The average Bonchev–Trinajstić information content (AvgIpc) is 2.74. The van der Waals surface area contributed by atoms with Crippen molar-refractivity contribution in [2.24, 2.45) is 0 Å². The molecule has 0 amide bonds. The average molecular weight is 352 g/mol. The summed E-state index contributed by atoms with van der Waals surface area (Å²) < 4.78 is 5.73. The molecule has 0 aliphatic carbocycles. The molecule has 2 nitrogen and oxygen atoms in total. The van der Waals surface area contributed by atoms with Gasteiger partial charge in [-0.1, -0.05) is 91.0 Å². The van der Waals surface area contributed by atoms with Crippen LogP contribution in [0, 0.1) is 0 Å². The van der Waals surface area contributed by atoms with E-state index >= 15 is 0 Å². The van der Waals surface area contributed by atoms with Gasteiger partial charge in [0.2, 0.25) is 0 Å². The Bertz CT molecular complexity index is 1120. The van der Waals surface area contributed by atoms with Crippen LogP contribution in [0.2, 0.25) is 0 Å². The lowest BCUT2D eigenvalue weighted by molar-refractivity contribution is 0.530. The van der Waals surface area contributed by atoms with Gasteiger partial charge < -0.3 is 4.42 Å². The van der Waals surface area contributed by atoms with Crippen LogP contribution in [0.1, 0.15) is 11.1 Å². The molecule has 4 rings (SSSR count). The van der Waals surface area contributed by atoms with Gasteiger partial charge in [0, 0.05) is 11.1 Å². The van der Waals surface area contributed by atoms with Crippen molar-refractivity contribution in [2.45, 2.75) is 12.8 Å². The zero-order valence-electron chi connectivity index (χ0n) is 15.0. The summed E-state index contributed by atoms with van der Waals surface area (Å²) in [5.41, 5.74) is 2.95. The molecule has 1 aromatic heterocycles. The molecule has 0 bridgehead atoms. The minimum absolute atomic E-state index is 0.290. The Kier molecular flexibility index (Phi) is 4.97. The number of rotatable bonds is 5. The zero-order valence-corrected chi connectivity index (χ0v) is 15.0. The molecular weight excluding hydrogens is 332 g/mol. The van der Waals surface area contributed by atoms with Crippen LogP contribution in [-0.4, -0.2) is 0 Å². The quantitative estimate of drug-likeness (QED) is 0.425. The van der Waals surface area contributed by atoms with Crippen molar-refractivity contribution in [2.75, 3.05) is 0 Å². The minimum atomic E-state index is -0.290. The van der Waals surface area contributed by atoms with Gasteiger partial charge in [0.15, 0.2) is 0 Å². The van der Waals surface area contributed by atoms with Gasteiger partial charge in [0.05, 0.1) is 5.39 Å². The lowest BCUT2D eigenvalue weighted by Gasteiger charge is -2.10. The predicted octanol–water partition coefficient (Wildman–Crippen LogP) is 5.80. The molecule has 0 aliphatic heterocycles. The fourth-order valence-electron chi connectivity index (χ4n) is 3.32. The molecule has 0 atom stereocenters. The van der Waals surface area contributed by atoms with Crippen LogP contribution in [0.5, 0.6) is 0 Å². The zero-order chi connectivity index (χ0) is 18.5. The predicted molar refractivity (Wildman–Crippen MR) is 111 cm³/mol. The first kappa shape index (κ1) is 17.0. The smallest absolute Gasteiger partial charge is 0.344 e. The summed E-state index contributed by atoms with van der Waals surface area (Å²) in [7, 11) is 0. The normalized spacial score (nSPS) is 11.3. The summed E-state index contributed by atoms with van der Waals surface area (Å²) in [6.45, 7) is 0. The maximum Gasteiger partial charge on any atom is 0.344 e. The summed E-state index contributed by atoms with van der Waals surface area (Å²) in [5.74, 6) is 0.656. The second-order valence-corrected chi connectivity index (χ2v) is 6.47. The summed E-state index contributed by atoms with van der Waals surface area (Å²) in [6.07, 6.45) is 5.92. The van der Waals surface area contributed by atoms with Crippen molar-refractivity contribution in [3.8, 4) is 11.3 Å². The van der Waals surface area contributed by atoms with E-state index < -0.39 is 0 Å². The molecule has 0 saturated carbocycles. The highest BCUT2D eigenvalue weighted by molar-refractivity contribution is 5.88. The van der Waals surface area contributed by atoms with E-state index in [2.05, 4.69) is 36.4 Å². The topological polar surface area (TPSA) is 30.2 Å². The van der Waals surface area contributed by atoms with Crippen LogP contribution >= 0.6 is 0 Å². The van der Waals surface area contributed by atoms with E-state index in [1.807, 2.05) is 60.7 Å².